The van der Waals surface area contributed by atoms with Crippen LogP contribution in [0.2, 0.25) is 0 Å². The molecule has 3 rings (SSSR count). The highest BCUT2D eigenvalue weighted by molar-refractivity contribution is 5.87. The van der Waals surface area contributed by atoms with Crippen LogP contribution in [0.25, 0.3) is 0 Å². The van der Waals surface area contributed by atoms with Gasteiger partial charge in [0.1, 0.15) is 0 Å². The first-order valence-corrected chi connectivity index (χ1v) is 19.9. The van der Waals surface area contributed by atoms with E-state index in [2.05, 4.69) is 89.7 Å². The van der Waals surface area contributed by atoms with Crippen molar-refractivity contribution in [3.63, 3.8) is 0 Å². The van der Waals surface area contributed by atoms with Crippen molar-refractivity contribution in [3.8, 4) is 0 Å². The third-order valence-electron chi connectivity index (χ3n) is 12.2. The summed E-state index contributed by atoms with van der Waals surface area (Å²) in [5.74, 6) is -2.33. The quantitative estimate of drug-likeness (QED) is 0.0999. The smallest absolute Gasteiger partial charge is 0.310 e. The fourth-order valence-corrected chi connectivity index (χ4v) is 10.8. The molecule has 10 nitrogen and oxygen atoms in total. The average molecular weight is 709 g/mol. The van der Waals surface area contributed by atoms with Gasteiger partial charge in [0.15, 0.2) is 0 Å². The predicted octanol–water partition coefficient (Wildman–Crippen LogP) is 6.03. The molecule has 0 aromatic rings. The minimum Gasteiger partial charge on any atom is -0.481 e. The number of unbranched alkanes of at least 4 members (excludes halogenated alkanes) is 2. The molecule has 2 aliphatic heterocycles. The topological polar surface area (TPSA) is 146 Å². The molecule has 2 heterocycles. The first-order valence-electron chi connectivity index (χ1n) is 19.9. The van der Waals surface area contributed by atoms with Gasteiger partial charge in [-0.2, -0.15) is 0 Å². The number of carboxylic acid groups (broad SMARTS) is 2. The van der Waals surface area contributed by atoms with Gasteiger partial charge in [0.25, 0.3) is 0 Å². The van der Waals surface area contributed by atoms with Crippen LogP contribution < -0.4 is 10.6 Å². The molecule has 3 aliphatic rings. The molecule has 0 radical (unpaired) electrons. The highest BCUT2D eigenvalue weighted by Crippen LogP contribution is 2.57. The third kappa shape index (κ3) is 10.9. The lowest BCUT2D eigenvalue weighted by atomic mass is 9.52. The molecule has 50 heavy (non-hydrogen) atoms. The Balaban J connectivity index is 1.90. The number of piperidine rings is 2. The van der Waals surface area contributed by atoms with Crippen molar-refractivity contribution < 1.29 is 30.0 Å². The summed E-state index contributed by atoms with van der Waals surface area (Å²) in [4.78, 5) is 31.7. The Morgan fingerprint density at radius 3 is 1.18 bits per heavy atom. The Morgan fingerprint density at radius 2 is 0.920 bits per heavy atom. The Morgan fingerprint density at radius 1 is 0.620 bits per heavy atom. The van der Waals surface area contributed by atoms with Gasteiger partial charge in [-0.05, 0) is 133 Å². The number of carboxylic acids is 2. The number of nitrogens with zero attached hydrogens (tertiary/aromatic N) is 2. The maximum absolute atomic E-state index is 13.5. The Labute approximate surface area is 304 Å². The summed E-state index contributed by atoms with van der Waals surface area (Å²) in [6.07, 6.45) is 6.77. The second-order valence-corrected chi connectivity index (χ2v) is 19.3. The van der Waals surface area contributed by atoms with Gasteiger partial charge in [-0.25, -0.2) is 0 Å². The number of rotatable bonds is 18. The zero-order valence-electron chi connectivity index (χ0n) is 33.5. The third-order valence-corrected chi connectivity index (χ3v) is 12.2. The summed E-state index contributed by atoms with van der Waals surface area (Å²) in [5.41, 5.74) is -3.74. The number of hydrogen-bond donors (Lipinski definition) is 6. The maximum Gasteiger partial charge on any atom is 0.310 e. The molecule has 292 valence electrons. The Hall–Kier alpha value is -1.30. The molecule has 0 aromatic carbocycles. The van der Waals surface area contributed by atoms with Crippen molar-refractivity contribution in [1.82, 2.24) is 20.4 Å². The zero-order chi connectivity index (χ0) is 37.8. The van der Waals surface area contributed by atoms with Crippen molar-refractivity contribution in [2.75, 3.05) is 26.2 Å². The summed E-state index contributed by atoms with van der Waals surface area (Å²) in [7, 11) is 0. The molecular formula is C40H76N4O6. The van der Waals surface area contributed by atoms with Crippen molar-refractivity contribution in [2.45, 2.75) is 206 Å². The van der Waals surface area contributed by atoms with Crippen LogP contribution in [0.3, 0.4) is 0 Å². The molecule has 0 aromatic heterocycles. The molecule has 1 aliphatic carbocycles. The van der Waals surface area contributed by atoms with E-state index in [4.69, 9.17) is 0 Å². The second-order valence-electron chi connectivity index (χ2n) is 19.3. The van der Waals surface area contributed by atoms with Crippen LogP contribution in [0.5, 0.6) is 0 Å². The number of aliphatic hydroxyl groups excluding tert-OH is 2. The van der Waals surface area contributed by atoms with E-state index in [0.717, 1.165) is 64.5 Å². The lowest BCUT2D eigenvalue weighted by Crippen LogP contribution is -2.63. The van der Waals surface area contributed by atoms with Crippen molar-refractivity contribution in [1.29, 1.82) is 0 Å². The first-order chi connectivity index (χ1) is 23.0. The highest BCUT2D eigenvalue weighted by Gasteiger charge is 2.63. The minimum absolute atomic E-state index is 0.0905. The molecule has 10 heteroatoms. The van der Waals surface area contributed by atoms with Crippen LogP contribution >= 0.6 is 0 Å². The lowest BCUT2D eigenvalue weighted by molar-refractivity contribution is -0.188. The minimum atomic E-state index is -1.69. The van der Waals surface area contributed by atoms with E-state index in [9.17, 15) is 30.0 Å². The van der Waals surface area contributed by atoms with Gasteiger partial charge in [-0.3, -0.25) is 19.4 Å². The molecule has 3 fully saturated rings. The average Bonchev–Trinajstić information content (AvgIpc) is 2.94. The van der Waals surface area contributed by atoms with E-state index in [1.54, 1.807) is 0 Å². The summed E-state index contributed by atoms with van der Waals surface area (Å²) >= 11 is 0. The molecule has 0 amide bonds. The SMILES string of the molecule is CCCCN(CC(O)CC1(C(=O)O)CCCCC1(CC(O)CN(CCCC)C1CC(C)(C)NC(C)(C)C1)C(=O)O)C1CC(C)(C)NC(C)(C)C1. The first kappa shape index (κ1) is 43.1. The number of hydrogen-bond acceptors (Lipinski definition) is 8. The van der Waals surface area contributed by atoms with Gasteiger partial charge in [-0.15, -0.1) is 0 Å². The molecule has 6 N–H and O–H groups in total. The fraction of sp³-hybridized carbons (Fsp3) is 0.950. The van der Waals surface area contributed by atoms with Gasteiger partial charge in [0.05, 0.1) is 23.0 Å². The lowest BCUT2D eigenvalue weighted by Gasteiger charge is -2.52. The van der Waals surface area contributed by atoms with Crippen LogP contribution in [0.15, 0.2) is 0 Å². The molecule has 0 spiro atoms. The summed E-state index contributed by atoms with van der Waals surface area (Å²) in [6.45, 7) is 24.2. The van der Waals surface area contributed by atoms with Gasteiger partial charge in [-0.1, -0.05) is 39.5 Å². The van der Waals surface area contributed by atoms with E-state index >= 15 is 0 Å². The summed E-state index contributed by atoms with van der Waals surface area (Å²) < 4.78 is 0. The van der Waals surface area contributed by atoms with Crippen molar-refractivity contribution in [3.05, 3.63) is 0 Å². The number of carbonyl (C=O) groups is 2. The van der Waals surface area contributed by atoms with Crippen LogP contribution in [0, 0.1) is 10.8 Å². The zero-order valence-corrected chi connectivity index (χ0v) is 33.5. The van der Waals surface area contributed by atoms with Crippen molar-refractivity contribution >= 4 is 11.9 Å². The normalized spacial score (nSPS) is 29.6. The van der Waals surface area contributed by atoms with Gasteiger partial charge >= 0.3 is 11.9 Å². The number of nitrogens with one attached hydrogen (secondary N) is 2. The molecule has 4 unspecified atom stereocenters. The fourth-order valence-electron chi connectivity index (χ4n) is 10.8. The summed E-state index contributed by atoms with van der Waals surface area (Å²) in [6, 6.07) is 0.416. The van der Waals surface area contributed by atoms with Crippen molar-refractivity contribution in [2.24, 2.45) is 10.8 Å². The standard InChI is InChI=1S/C40H76N4O6/c1-11-13-19-43(29-21-35(3,4)41-36(5,6)22-29)27-31(45)25-39(33(47)48)17-15-16-18-40(39,34(49)50)26-32(46)28-44(20-14-12-2)30-23-37(7,8)42-38(9,10)24-30/h29-32,41-42,45-46H,11-28H2,1-10H3,(H,47,48)(H,49,50). The van der Waals surface area contributed by atoms with E-state index < -0.39 is 35.0 Å². The number of aliphatic carboxylic acids is 2. The molecule has 0 bridgehead atoms. The second kappa shape index (κ2) is 16.8. The van der Waals surface area contributed by atoms with Crippen LogP contribution in [0.1, 0.15) is 159 Å². The Bertz CT molecular complexity index is 1010. The monoisotopic (exact) mass is 709 g/mol. The van der Waals surface area contributed by atoms with Gasteiger partial charge < -0.3 is 31.1 Å². The molecule has 2 saturated heterocycles. The largest absolute Gasteiger partial charge is 0.481 e. The predicted molar refractivity (Wildman–Crippen MR) is 201 cm³/mol. The summed E-state index contributed by atoms with van der Waals surface area (Å²) in [5, 5.41) is 53.2. The van der Waals surface area contributed by atoms with Crippen LogP contribution in [0.4, 0.5) is 0 Å². The van der Waals surface area contributed by atoms with E-state index in [-0.39, 0.29) is 59.9 Å². The molecule has 4 atom stereocenters. The Kier molecular flexibility index (Phi) is 14.5. The van der Waals surface area contributed by atoms with Gasteiger partial charge in [0.2, 0.25) is 0 Å². The number of aliphatic hydroxyl groups is 2. The van der Waals surface area contributed by atoms with Crippen LogP contribution in [-0.4, -0.2) is 115 Å². The maximum atomic E-state index is 13.5. The van der Waals surface area contributed by atoms with E-state index in [1.165, 1.54) is 0 Å². The van der Waals surface area contributed by atoms with E-state index in [0.29, 0.717) is 25.9 Å². The van der Waals surface area contributed by atoms with E-state index in [1.807, 2.05) is 0 Å². The molecular weight excluding hydrogens is 632 g/mol. The highest BCUT2D eigenvalue weighted by atomic mass is 16.4. The molecule has 1 saturated carbocycles. The van der Waals surface area contributed by atoms with Crippen LogP contribution in [-0.2, 0) is 9.59 Å². The van der Waals surface area contributed by atoms with Gasteiger partial charge in [0, 0.05) is 47.3 Å².